The van der Waals surface area contributed by atoms with E-state index in [-0.39, 0.29) is 6.54 Å². The van der Waals surface area contributed by atoms with Crippen molar-refractivity contribution in [1.29, 1.82) is 5.26 Å². The Balaban J connectivity index is 3.97. The molecule has 1 amide bonds. The van der Waals surface area contributed by atoms with Gasteiger partial charge in [-0.2, -0.15) is 14.0 Å². The van der Waals surface area contributed by atoms with Crippen LogP contribution in [0.5, 0.6) is 0 Å². The molecule has 0 aromatic rings. The lowest BCUT2D eigenvalue weighted by atomic mass is 10.2. The van der Waals surface area contributed by atoms with Crippen LogP contribution in [0.2, 0.25) is 0 Å². The highest BCUT2D eigenvalue weighted by Crippen LogP contribution is 2.02. The van der Waals surface area contributed by atoms with Gasteiger partial charge in [0.05, 0.1) is 12.0 Å². The predicted octanol–water partition coefficient (Wildman–Crippen LogP) is 0.870. The Kier molecular flexibility index (Phi) is 4.19. The van der Waals surface area contributed by atoms with Crippen LogP contribution < -0.4 is 0 Å². The maximum Gasteiger partial charge on any atom is 0.315 e. The Labute approximate surface area is 69.6 Å². The van der Waals surface area contributed by atoms with Gasteiger partial charge in [0.2, 0.25) is 0 Å². The molecule has 0 heterocycles. The fourth-order valence-electron chi connectivity index (χ4n) is 0.708. The Hall–Kier alpha value is -1.18. The summed E-state index contributed by atoms with van der Waals surface area (Å²) in [6.07, 6.45) is -2.99. The fourth-order valence-corrected chi connectivity index (χ4v) is 0.708. The lowest BCUT2D eigenvalue weighted by Crippen LogP contribution is -2.34. The minimum atomic E-state index is -2.99. The molecule has 1 unspecified atom stereocenters. The second-order valence-corrected chi connectivity index (χ2v) is 2.55. The number of halogens is 2. The van der Waals surface area contributed by atoms with E-state index < -0.39 is 18.3 Å². The molecule has 5 heteroatoms. The van der Waals surface area contributed by atoms with E-state index in [1.54, 1.807) is 6.92 Å². The molecule has 0 aliphatic heterocycles. The molecule has 0 fully saturated rings. The molecule has 0 aliphatic rings. The van der Waals surface area contributed by atoms with Gasteiger partial charge in [0.15, 0.2) is 0 Å². The van der Waals surface area contributed by atoms with Crippen molar-refractivity contribution in [3.63, 3.8) is 0 Å². The molecule has 0 saturated carbocycles. The first-order valence-corrected chi connectivity index (χ1v) is 3.41. The molecule has 0 spiro atoms. The predicted molar refractivity (Wildman–Crippen MR) is 38.4 cm³/mol. The first-order chi connectivity index (χ1) is 5.49. The second-order valence-electron chi connectivity index (χ2n) is 2.55. The molecular formula is C7H10F2N2O. The van der Waals surface area contributed by atoms with Crippen molar-refractivity contribution in [2.24, 2.45) is 5.92 Å². The molecule has 0 N–H and O–H groups in total. The third-order valence-electron chi connectivity index (χ3n) is 1.33. The Morgan fingerprint density at radius 3 is 2.50 bits per heavy atom. The SMILES string of the molecule is CC(C#N)CN(C)C(=O)C(F)F. The monoisotopic (exact) mass is 176 g/mol. The third-order valence-corrected chi connectivity index (χ3v) is 1.33. The summed E-state index contributed by atoms with van der Waals surface area (Å²) < 4.78 is 23.5. The fraction of sp³-hybridized carbons (Fsp3) is 0.714. The van der Waals surface area contributed by atoms with Crippen molar-refractivity contribution in [2.45, 2.75) is 13.3 Å². The van der Waals surface area contributed by atoms with Crippen LogP contribution in [0.3, 0.4) is 0 Å². The lowest BCUT2D eigenvalue weighted by molar-refractivity contribution is -0.141. The molecule has 1 atom stereocenters. The van der Waals surface area contributed by atoms with Crippen LogP contribution in [-0.2, 0) is 4.79 Å². The standard InChI is InChI=1S/C7H10F2N2O/c1-5(3-10)4-11(2)7(12)6(8)9/h5-6H,4H2,1-2H3. The van der Waals surface area contributed by atoms with Crippen molar-refractivity contribution in [2.75, 3.05) is 13.6 Å². The summed E-state index contributed by atoms with van der Waals surface area (Å²) in [6.45, 7) is 1.61. The Morgan fingerprint density at radius 2 is 2.17 bits per heavy atom. The van der Waals surface area contributed by atoms with Gasteiger partial charge in [-0.25, -0.2) is 0 Å². The molecular weight excluding hydrogens is 166 g/mol. The largest absolute Gasteiger partial charge is 0.340 e. The smallest absolute Gasteiger partial charge is 0.315 e. The highest BCUT2D eigenvalue weighted by molar-refractivity contribution is 5.79. The minimum Gasteiger partial charge on any atom is -0.340 e. The molecule has 0 rings (SSSR count). The van der Waals surface area contributed by atoms with E-state index in [0.717, 1.165) is 4.90 Å². The van der Waals surface area contributed by atoms with Crippen LogP contribution in [0.1, 0.15) is 6.92 Å². The highest BCUT2D eigenvalue weighted by Gasteiger charge is 2.20. The van der Waals surface area contributed by atoms with Gasteiger partial charge in [-0.15, -0.1) is 0 Å². The topological polar surface area (TPSA) is 44.1 Å². The van der Waals surface area contributed by atoms with Crippen LogP contribution in [-0.4, -0.2) is 30.8 Å². The summed E-state index contributed by atoms with van der Waals surface area (Å²) in [7, 11) is 1.25. The first-order valence-electron chi connectivity index (χ1n) is 3.41. The molecule has 0 aromatic carbocycles. The average molecular weight is 176 g/mol. The maximum absolute atomic E-state index is 11.8. The van der Waals surface area contributed by atoms with Crippen molar-refractivity contribution in [3.8, 4) is 6.07 Å². The average Bonchev–Trinajstić information content (AvgIpc) is 2.02. The molecule has 0 aliphatic carbocycles. The van der Waals surface area contributed by atoms with Gasteiger partial charge >= 0.3 is 6.43 Å². The van der Waals surface area contributed by atoms with Crippen molar-refractivity contribution >= 4 is 5.91 Å². The summed E-state index contributed by atoms with van der Waals surface area (Å²) in [5.74, 6) is -1.66. The van der Waals surface area contributed by atoms with Crippen LogP contribution in [0, 0.1) is 17.2 Å². The van der Waals surface area contributed by atoms with Crippen LogP contribution in [0.4, 0.5) is 8.78 Å². The normalized spacial score (nSPS) is 12.3. The summed E-state index contributed by atoms with van der Waals surface area (Å²) in [4.78, 5) is 11.4. The van der Waals surface area contributed by atoms with Gasteiger partial charge in [-0.05, 0) is 6.92 Å². The molecule has 0 bridgehead atoms. The third kappa shape index (κ3) is 3.28. The maximum atomic E-state index is 11.8. The number of alkyl halides is 2. The van der Waals surface area contributed by atoms with E-state index in [2.05, 4.69) is 0 Å². The number of hydrogen-bond donors (Lipinski definition) is 0. The van der Waals surface area contributed by atoms with E-state index in [9.17, 15) is 13.6 Å². The molecule has 3 nitrogen and oxygen atoms in total. The van der Waals surface area contributed by atoms with Crippen LogP contribution in [0.15, 0.2) is 0 Å². The zero-order valence-corrected chi connectivity index (χ0v) is 6.92. The molecule has 12 heavy (non-hydrogen) atoms. The van der Waals surface area contributed by atoms with E-state index in [1.807, 2.05) is 6.07 Å². The molecule has 68 valence electrons. The van der Waals surface area contributed by atoms with Crippen LogP contribution >= 0.6 is 0 Å². The number of hydrogen-bond acceptors (Lipinski definition) is 2. The Morgan fingerprint density at radius 1 is 1.67 bits per heavy atom. The number of amides is 1. The number of nitriles is 1. The lowest BCUT2D eigenvalue weighted by Gasteiger charge is -2.17. The zero-order valence-electron chi connectivity index (χ0n) is 6.92. The highest BCUT2D eigenvalue weighted by atomic mass is 19.3. The van der Waals surface area contributed by atoms with E-state index in [0.29, 0.717) is 0 Å². The minimum absolute atomic E-state index is 0.0413. The molecule has 0 radical (unpaired) electrons. The van der Waals surface area contributed by atoms with Crippen LogP contribution in [0.25, 0.3) is 0 Å². The van der Waals surface area contributed by atoms with Gasteiger partial charge < -0.3 is 4.90 Å². The van der Waals surface area contributed by atoms with E-state index in [4.69, 9.17) is 5.26 Å². The summed E-state index contributed by atoms with van der Waals surface area (Å²) in [5.41, 5.74) is 0. The van der Waals surface area contributed by atoms with E-state index >= 15 is 0 Å². The van der Waals surface area contributed by atoms with Crippen molar-refractivity contribution in [3.05, 3.63) is 0 Å². The molecule has 0 saturated heterocycles. The number of rotatable bonds is 3. The summed E-state index contributed by atoms with van der Waals surface area (Å²) in [5, 5.41) is 8.33. The van der Waals surface area contributed by atoms with Crippen molar-refractivity contribution < 1.29 is 13.6 Å². The van der Waals surface area contributed by atoms with E-state index in [1.165, 1.54) is 7.05 Å². The Bertz CT molecular complexity index is 200. The van der Waals surface area contributed by atoms with Gasteiger partial charge in [0.25, 0.3) is 5.91 Å². The number of carbonyl (C=O) groups is 1. The number of nitrogens with zero attached hydrogens (tertiary/aromatic N) is 2. The van der Waals surface area contributed by atoms with Crippen molar-refractivity contribution in [1.82, 2.24) is 4.90 Å². The summed E-state index contributed by atoms with van der Waals surface area (Å²) in [6, 6.07) is 1.85. The zero-order chi connectivity index (χ0) is 9.72. The first kappa shape index (κ1) is 10.8. The summed E-state index contributed by atoms with van der Waals surface area (Å²) >= 11 is 0. The molecule has 0 aromatic heterocycles. The van der Waals surface area contributed by atoms with Gasteiger partial charge in [0, 0.05) is 13.6 Å². The quantitative estimate of drug-likeness (QED) is 0.640. The van der Waals surface area contributed by atoms with Gasteiger partial charge in [-0.1, -0.05) is 0 Å². The van der Waals surface area contributed by atoms with Gasteiger partial charge in [-0.3, -0.25) is 4.79 Å². The number of carbonyl (C=O) groups excluding carboxylic acids is 1. The van der Waals surface area contributed by atoms with Gasteiger partial charge in [0.1, 0.15) is 0 Å². The second kappa shape index (κ2) is 4.65.